The molecule has 0 bridgehead atoms. The lowest BCUT2D eigenvalue weighted by molar-refractivity contribution is -0.117. The van der Waals surface area contributed by atoms with Crippen LogP contribution in [0.5, 0.6) is 0 Å². The molecule has 2 heterocycles. The molecule has 2 atom stereocenters. The number of alkyl halides is 1. The van der Waals surface area contributed by atoms with Gasteiger partial charge in [0, 0.05) is 18.0 Å². The van der Waals surface area contributed by atoms with Gasteiger partial charge in [0.15, 0.2) is 5.13 Å². The summed E-state index contributed by atoms with van der Waals surface area (Å²) in [5, 5.41) is 3.23. The van der Waals surface area contributed by atoms with Gasteiger partial charge in [-0.3, -0.25) is 9.78 Å². The molecule has 2 aromatic heterocycles. The van der Waals surface area contributed by atoms with Crippen LogP contribution in [-0.2, 0) is 4.79 Å². The third-order valence-electron chi connectivity index (χ3n) is 4.02. The summed E-state index contributed by atoms with van der Waals surface area (Å²) in [6.07, 6.45) is 2.94. The predicted octanol–water partition coefficient (Wildman–Crippen LogP) is 4.39. The van der Waals surface area contributed by atoms with Crippen molar-refractivity contribution in [1.29, 1.82) is 0 Å². The first-order valence-corrected chi connectivity index (χ1v) is 8.20. The number of hydrogen-bond donors (Lipinski definition) is 1. The number of aryl methyl sites for hydroxylation is 1. The highest BCUT2D eigenvalue weighted by Gasteiger charge is 2.43. The van der Waals surface area contributed by atoms with Crippen LogP contribution in [0.25, 0.3) is 21.3 Å². The van der Waals surface area contributed by atoms with Crippen molar-refractivity contribution in [2.75, 3.05) is 5.32 Å². The number of rotatable bonds is 3. The van der Waals surface area contributed by atoms with Gasteiger partial charge in [0.25, 0.3) is 0 Å². The number of halogens is 2. The fourth-order valence-corrected chi connectivity index (χ4v) is 3.45. The third-order valence-corrected chi connectivity index (χ3v) is 4.95. The van der Waals surface area contributed by atoms with Crippen molar-refractivity contribution in [1.82, 2.24) is 9.97 Å². The molecule has 1 aliphatic carbocycles. The first kappa shape index (κ1) is 16.8. The third kappa shape index (κ3) is 3.12. The van der Waals surface area contributed by atoms with Crippen LogP contribution in [0.2, 0.25) is 0 Å². The van der Waals surface area contributed by atoms with Crippen LogP contribution in [0.1, 0.15) is 12.0 Å². The Bertz CT molecular complexity index is 914. The molecular formula is C17H15ClFN3OS. The molecule has 1 aliphatic rings. The molecule has 7 heteroatoms. The summed E-state index contributed by atoms with van der Waals surface area (Å²) in [6, 6.07) is 7.94. The molecular weight excluding hydrogens is 349 g/mol. The van der Waals surface area contributed by atoms with Gasteiger partial charge in [-0.1, -0.05) is 17.4 Å². The minimum Gasteiger partial charge on any atom is -0.302 e. The average Bonchev–Trinajstić information content (AvgIpc) is 3.13. The summed E-state index contributed by atoms with van der Waals surface area (Å²) >= 11 is 1.40. The number of fused-ring (bicyclic) bond motifs is 1. The average molecular weight is 364 g/mol. The number of hydrogen-bond acceptors (Lipinski definition) is 4. The van der Waals surface area contributed by atoms with Gasteiger partial charge in [-0.15, -0.1) is 12.4 Å². The maximum absolute atomic E-state index is 12.9. The lowest BCUT2D eigenvalue weighted by Crippen LogP contribution is -2.14. The number of nitrogens with one attached hydrogen (secondary N) is 1. The first-order chi connectivity index (χ1) is 11.1. The Morgan fingerprint density at radius 2 is 2.17 bits per heavy atom. The zero-order valence-electron chi connectivity index (χ0n) is 12.8. The predicted molar refractivity (Wildman–Crippen MR) is 96.5 cm³/mol. The molecule has 0 radical (unpaired) electrons. The zero-order chi connectivity index (χ0) is 16.0. The van der Waals surface area contributed by atoms with Crippen molar-refractivity contribution in [3.63, 3.8) is 0 Å². The number of nitrogens with zero attached hydrogens (tertiary/aromatic N) is 2. The van der Waals surface area contributed by atoms with Gasteiger partial charge in [0.2, 0.25) is 5.91 Å². The molecule has 0 aliphatic heterocycles. The Morgan fingerprint density at radius 3 is 2.88 bits per heavy atom. The molecule has 1 fully saturated rings. The van der Waals surface area contributed by atoms with Crippen LogP contribution in [-0.4, -0.2) is 22.0 Å². The second kappa shape index (κ2) is 6.45. The van der Waals surface area contributed by atoms with Crippen molar-refractivity contribution in [3.8, 4) is 11.1 Å². The number of aromatic nitrogens is 2. The second-order valence-electron chi connectivity index (χ2n) is 5.74. The molecule has 1 N–H and O–H groups in total. The van der Waals surface area contributed by atoms with E-state index in [0.29, 0.717) is 11.6 Å². The van der Waals surface area contributed by atoms with E-state index in [-0.39, 0.29) is 18.3 Å². The van der Waals surface area contributed by atoms with Crippen LogP contribution < -0.4 is 5.32 Å². The van der Waals surface area contributed by atoms with Gasteiger partial charge in [0.1, 0.15) is 6.17 Å². The number of pyridine rings is 1. The SMILES string of the molecule is Cc1ccncc1-c1ccc2nc(NC(=O)[C@@H]3C[C@@H]3F)sc2c1.Cl. The number of carbonyl (C=O) groups is 1. The fourth-order valence-electron chi connectivity index (χ4n) is 2.55. The molecule has 4 rings (SSSR count). The molecule has 1 saturated carbocycles. The lowest BCUT2D eigenvalue weighted by Gasteiger charge is -2.04. The summed E-state index contributed by atoms with van der Waals surface area (Å²) in [4.78, 5) is 20.4. The summed E-state index contributed by atoms with van der Waals surface area (Å²) < 4.78 is 13.9. The quantitative estimate of drug-likeness (QED) is 0.751. The van der Waals surface area contributed by atoms with Crippen molar-refractivity contribution in [2.24, 2.45) is 5.92 Å². The number of benzene rings is 1. The summed E-state index contributed by atoms with van der Waals surface area (Å²) in [5.41, 5.74) is 4.12. The Balaban J connectivity index is 0.00000169. The van der Waals surface area contributed by atoms with Crippen LogP contribution >= 0.6 is 23.7 Å². The van der Waals surface area contributed by atoms with Crippen molar-refractivity contribution >= 4 is 45.0 Å². The van der Waals surface area contributed by atoms with Crippen LogP contribution in [0.3, 0.4) is 0 Å². The topological polar surface area (TPSA) is 54.9 Å². The monoisotopic (exact) mass is 363 g/mol. The maximum atomic E-state index is 12.9. The van der Waals surface area contributed by atoms with Crippen LogP contribution in [0.4, 0.5) is 9.52 Å². The Kier molecular flexibility index (Phi) is 4.51. The number of carbonyl (C=O) groups excluding carboxylic acids is 1. The highest BCUT2D eigenvalue weighted by atomic mass is 35.5. The number of amides is 1. The molecule has 3 aromatic rings. The van der Waals surface area contributed by atoms with Gasteiger partial charge >= 0.3 is 0 Å². The van der Waals surface area contributed by atoms with Gasteiger partial charge in [-0.25, -0.2) is 9.37 Å². The molecule has 0 saturated heterocycles. The highest BCUT2D eigenvalue weighted by Crippen LogP contribution is 2.36. The minimum absolute atomic E-state index is 0. The number of thiazole rings is 1. The van der Waals surface area contributed by atoms with Gasteiger partial charge in [-0.2, -0.15) is 0 Å². The van der Waals surface area contributed by atoms with E-state index >= 15 is 0 Å². The molecule has 0 unspecified atom stereocenters. The van der Waals surface area contributed by atoms with Crippen molar-refractivity contribution < 1.29 is 9.18 Å². The largest absolute Gasteiger partial charge is 0.302 e. The summed E-state index contributed by atoms with van der Waals surface area (Å²) in [5.74, 6) is -0.782. The molecule has 24 heavy (non-hydrogen) atoms. The molecule has 0 spiro atoms. The lowest BCUT2D eigenvalue weighted by atomic mass is 10.0. The van der Waals surface area contributed by atoms with E-state index in [1.54, 1.807) is 6.20 Å². The summed E-state index contributed by atoms with van der Waals surface area (Å²) in [7, 11) is 0. The summed E-state index contributed by atoms with van der Waals surface area (Å²) in [6.45, 7) is 2.04. The first-order valence-electron chi connectivity index (χ1n) is 7.38. The van der Waals surface area contributed by atoms with Crippen LogP contribution in [0.15, 0.2) is 36.7 Å². The molecule has 1 amide bonds. The van der Waals surface area contributed by atoms with E-state index < -0.39 is 12.1 Å². The van der Waals surface area contributed by atoms with Gasteiger partial charge in [0.05, 0.1) is 16.1 Å². The Morgan fingerprint density at radius 1 is 1.38 bits per heavy atom. The minimum atomic E-state index is -0.996. The maximum Gasteiger partial charge on any atom is 0.232 e. The van der Waals surface area contributed by atoms with E-state index in [1.807, 2.05) is 37.4 Å². The fraction of sp³-hybridized carbons (Fsp3) is 0.235. The van der Waals surface area contributed by atoms with Gasteiger partial charge in [-0.05, 0) is 42.7 Å². The van der Waals surface area contributed by atoms with E-state index in [2.05, 4.69) is 15.3 Å². The Hall–Kier alpha value is -2.05. The number of anilines is 1. The molecule has 124 valence electrons. The smallest absolute Gasteiger partial charge is 0.232 e. The second-order valence-corrected chi connectivity index (χ2v) is 6.77. The highest BCUT2D eigenvalue weighted by molar-refractivity contribution is 7.22. The Labute approximate surface area is 148 Å². The van der Waals surface area contributed by atoms with Gasteiger partial charge < -0.3 is 5.32 Å². The van der Waals surface area contributed by atoms with E-state index in [1.165, 1.54) is 11.3 Å². The van der Waals surface area contributed by atoms with Crippen molar-refractivity contribution in [3.05, 3.63) is 42.2 Å². The standard InChI is InChI=1S/C17H14FN3OS.ClH/c1-9-4-5-19-8-12(9)10-2-3-14-15(6-10)23-17(20-14)21-16(22)11-7-13(11)18;/h2-6,8,11,13H,7H2,1H3,(H,20,21,22);1H/t11-,13+;/m1./s1. The molecule has 4 nitrogen and oxygen atoms in total. The van der Waals surface area contributed by atoms with Crippen LogP contribution in [0, 0.1) is 12.8 Å². The van der Waals surface area contributed by atoms with Crippen molar-refractivity contribution in [2.45, 2.75) is 19.5 Å². The zero-order valence-corrected chi connectivity index (χ0v) is 14.5. The van der Waals surface area contributed by atoms with E-state index in [9.17, 15) is 9.18 Å². The van der Waals surface area contributed by atoms with E-state index in [0.717, 1.165) is 26.9 Å². The van der Waals surface area contributed by atoms with E-state index in [4.69, 9.17) is 0 Å². The molecule has 1 aromatic carbocycles. The normalized spacial score (nSPS) is 18.9.